The van der Waals surface area contributed by atoms with Crippen LogP contribution in [0.15, 0.2) is 11.6 Å². The largest absolute Gasteiger partial charge is 0.383 e. The number of thiazole rings is 1. The standard InChI is InChI=1S/C15H26N4OS/c1-5-18(6-8-20-4)14-13(11-16-10-12(2)3)19-7-9-21-15(19)17-14/h7,9,12,16H,5-6,8,10-11H2,1-4H3. The van der Waals surface area contributed by atoms with Crippen LogP contribution in [0.2, 0.25) is 0 Å². The van der Waals surface area contributed by atoms with Crippen molar-refractivity contribution in [3.63, 3.8) is 0 Å². The first-order valence-electron chi connectivity index (χ1n) is 7.56. The van der Waals surface area contributed by atoms with Crippen molar-refractivity contribution < 1.29 is 4.74 Å². The van der Waals surface area contributed by atoms with Gasteiger partial charge in [-0.25, -0.2) is 4.98 Å². The van der Waals surface area contributed by atoms with Crippen molar-refractivity contribution >= 4 is 22.1 Å². The number of likely N-dealkylation sites (N-methyl/N-ethyl adjacent to an activating group) is 1. The number of methoxy groups -OCH3 is 1. The number of hydrogen-bond acceptors (Lipinski definition) is 5. The van der Waals surface area contributed by atoms with E-state index in [1.165, 1.54) is 5.69 Å². The predicted octanol–water partition coefficient (Wildman–Crippen LogP) is 2.61. The van der Waals surface area contributed by atoms with E-state index >= 15 is 0 Å². The summed E-state index contributed by atoms with van der Waals surface area (Å²) in [5, 5.41) is 5.62. The fourth-order valence-corrected chi connectivity index (χ4v) is 3.06. The van der Waals surface area contributed by atoms with Crippen LogP contribution in [0.4, 0.5) is 5.82 Å². The number of ether oxygens (including phenoxy) is 1. The van der Waals surface area contributed by atoms with E-state index in [0.29, 0.717) is 5.92 Å². The lowest BCUT2D eigenvalue weighted by molar-refractivity contribution is 0.205. The predicted molar refractivity (Wildman–Crippen MR) is 89.4 cm³/mol. The first-order valence-corrected chi connectivity index (χ1v) is 8.44. The maximum Gasteiger partial charge on any atom is 0.195 e. The molecule has 118 valence electrons. The summed E-state index contributed by atoms with van der Waals surface area (Å²) in [6.45, 7) is 11.0. The molecule has 0 fully saturated rings. The number of nitrogens with zero attached hydrogens (tertiary/aromatic N) is 3. The quantitative estimate of drug-likeness (QED) is 0.773. The Bertz CT molecular complexity index is 549. The van der Waals surface area contributed by atoms with Gasteiger partial charge in [0.05, 0.1) is 12.3 Å². The number of rotatable bonds is 9. The average Bonchev–Trinajstić information content (AvgIpc) is 3.02. The molecule has 0 atom stereocenters. The highest BCUT2D eigenvalue weighted by Crippen LogP contribution is 2.24. The van der Waals surface area contributed by atoms with Crippen LogP contribution >= 0.6 is 11.3 Å². The van der Waals surface area contributed by atoms with Gasteiger partial charge < -0.3 is 15.0 Å². The van der Waals surface area contributed by atoms with Crippen LogP contribution in [0.5, 0.6) is 0 Å². The Morgan fingerprint density at radius 3 is 2.95 bits per heavy atom. The van der Waals surface area contributed by atoms with Gasteiger partial charge in [-0.05, 0) is 19.4 Å². The molecular weight excluding hydrogens is 284 g/mol. The number of aromatic nitrogens is 2. The van der Waals surface area contributed by atoms with E-state index in [0.717, 1.165) is 43.6 Å². The third kappa shape index (κ3) is 3.96. The number of fused-ring (bicyclic) bond motifs is 1. The first kappa shape index (κ1) is 16.3. The van der Waals surface area contributed by atoms with E-state index in [2.05, 4.69) is 47.0 Å². The average molecular weight is 310 g/mol. The molecule has 2 aromatic rings. The molecule has 0 saturated carbocycles. The Morgan fingerprint density at radius 1 is 1.48 bits per heavy atom. The second-order valence-electron chi connectivity index (χ2n) is 5.53. The highest BCUT2D eigenvalue weighted by Gasteiger charge is 2.17. The molecule has 0 aromatic carbocycles. The SMILES string of the molecule is CCN(CCOC)c1nc2sccn2c1CNCC(C)C. The molecule has 0 aliphatic heterocycles. The molecule has 0 bridgehead atoms. The Kier molecular flexibility index (Phi) is 6.02. The minimum absolute atomic E-state index is 0.648. The molecule has 0 unspecified atom stereocenters. The minimum atomic E-state index is 0.648. The minimum Gasteiger partial charge on any atom is -0.383 e. The molecule has 5 nitrogen and oxygen atoms in total. The zero-order chi connectivity index (χ0) is 15.2. The molecule has 2 heterocycles. The molecule has 21 heavy (non-hydrogen) atoms. The molecule has 0 radical (unpaired) electrons. The zero-order valence-corrected chi connectivity index (χ0v) is 14.2. The van der Waals surface area contributed by atoms with Gasteiger partial charge >= 0.3 is 0 Å². The van der Waals surface area contributed by atoms with Gasteiger partial charge in [-0.3, -0.25) is 4.40 Å². The third-order valence-electron chi connectivity index (χ3n) is 3.43. The van der Waals surface area contributed by atoms with Gasteiger partial charge in [-0.2, -0.15) is 0 Å². The van der Waals surface area contributed by atoms with Gasteiger partial charge in [-0.1, -0.05) is 13.8 Å². The van der Waals surface area contributed by atoms with E-state index in [-0.39, 0.29) is 0 Å². The van der Waals surface area contributed by atoms with Crippen molar-refractivity contribution in [1.82, 2.24) is 14.7 Å². The fourth-order valence-electron chi connectivity index (χ4n) is 2.33. The monoisotopic (exact) mass is 310 g/mol. The Morgan fingerprint density at radius 2 is 2.29 bits per heavy atom. The van der Waals surface area contributed by atoms with Crippen molar-refractivity contribution in [1.29, 1.82) is 0 Å². The molecule has 0 amide bonds. The van der Waals surface area contributed by atoms with E-state index in [4.69, 9.17) is 9.72 Å². The molecular formula is C15H26N4OS. The second-order valence-corrected chi connectivity index (χ2v) is 6.41. The van der Waals surface area contributed by atoms with Crippen molar-refractivity contribution in [2.75, 3.05) is 38.3 Å². The maximum atomic E-state index is 5.21. The van der Waals surface area contributed by atoms with Crippen molar-refractivity contribution in [3.05, 3.63) is 17.3 Å². The molecule has 0 aliphatic rings. The summed E-state index contributed by atoms with van der Waals surface area (Å²) in [6.07, 6.45) is 2.10. The van der Waals surface area contributed by atoms with Crippen LogP contribution in [-0.4, -0.2) is 42.7 Å². The van der Waals surface area contributed by atoms with Crippen molar-refractivity contribution in [2.24, 2.45) is 5.92 Å². The topological polar surface area (TPSA) is 41.8 Å². The van der Waals surface area contributed by atoms with E-state index in [1.54, 1.807) is 18.4 Å². The van der Waals surface area contributed by atoms with Gasteiger partial charge in [0.15, 0.2) is 10.8 Å². The number of hydrogen-bond donors (Lipinski definition) is 1. The van der Waals surface area contributed by atoms with Gasteiger partial charge in [0.2, 0.25) is 0 Å². The maximum absolute atomic E-state index is 5.21. The summed E-state index contributed by atoms with van der Waals surface area (Å²) in [5.41, 5.74) is 1.24. The highest BCUT2D eigenvalue weighted by molar-refractivity contribution is 7.15. The third-order valence-corrected chi connectivity index (χ3v) is 4.19. The molecule has 2 rings (SSSR count). The van der Waals surface area contributed by atoms with Crippen molar-refractivity contribution in [3.8, 4) is 0 Å². The van der Waals surface area contributed by atoms with Gasteiger partial charge in [0, 0.05) is 38.3 Å². The van der Waals surface area contributed by atoms with Gasteiger partial charge in [-0.15, -0.1) is 11.3 Å². The highest BCUT2D eigenvalue weighted by atomic mass is 32.1. The lowest BCUT2D eigenvalue weighted by Gasteiger charge is -2.22. The number of anilines is 1. The lowest BCUT2D eigenvalue weighted by Crippen LogP contribution is -2.29. The summed E-state index contributed by atoms with van der Waals surface area (Å²) >= 11 is 1.68. The summed E-state index contributed by atoms with van der Waals surface area (Å²) in [7, 11) is 1.74. The Hall–Kier alpha value is -1.11. The van der Waals surface area contributed by atoms with Crippen LogP contribution in [0.3, 0.4) is 0 Å². The van der Waals surface area contributed by atoms with E-state index in [1.807, 2.05) is 0 Å². The van der Waals surface area contributed by atoms with Crippen LogP contribution < -0.4 is 10.2 Å². The van der Waals surface area contributed by atoms with Crippen LogP contribution in [0.25, 0.3) is 4.96 Å². The number of imidazole rings is 1. The van der Waals surface area contributed by atoms with Gasteiger partial charge in [0.1, 0.15) is 0 Å². The number of nitrogens with one attached hydrogen (secondary N) is 1. The summed E-state index contributed by atoms with van der Waals surface area (Å²) in [6, 6.07) is 0. The van der Waals surface area contributed by atoms with E-state index in [9.17, 15) is 0 Å². The Balaban J connectivity index is 2.21. The molecule has 6 heteroatoms. The smallest absolute Gasteiger partial charge is 0.195 e. The lowest BCUT2D eigenvalue weighted by atomic mass is 10.2. The molecule has 0 aliphatic carbocycles. The second kappa shape index (κ2) is 7.77. The molecule has 0 spiro atoms. The van der Waals surface area contributed by atoms with Crippen LogP contribution in [-0.2, 0) is 11.3 Å². The van der Waals surface area contributed by atoms with Gasteiger partial charge in [0.25, 0.3) is 0 Å². The molecule has 2 aromatic heterocycles. The summed E-state index contributed by atoms with van der Waals surface area (Å²) < 4.78 is 7.41. The first-order chi connectivity index (χ1) is 10.2. The Labute approximate surface area is 130 Å². The van der Waals surface area contributed by atoms with Crippen LogP contribution in [0, 0.1) is 5.92 Å². The fraction of sp³-hybridized carbons (Fsp3) is 0.667. The summed E-state index contributed by atoms with van der Waals surface area (Å²) in [4.78, 5) is 8.15. The van der Waals surface area contributed by atoms with Crippen LogP contribution in [0.1, 0.15) is 26.5 Å². The molecule has 1 N–H and O–H groups in total. The van der Waals surface area contributed by atoms with E-state index < -0.39 is 0 Å². The summed E-state index contributed by atoms with van der Waals surface area (Å²) in [5.74, 6) is 1.73. The van der Waals surface area contributed by atoms with Crippen molar-refractivity contribution in [2.45, 2.75) is 27.3 Å². The zero-order valence-electron chi connectivity index (χ0n) is 13.4. The normalized spacial score (nSPS) is 11.7. The molecule has 0 saturated heterocycles.